The highest BCUT2D eigenvalue weighted by Gasteiger charge is 2.35. The van der Waals surface area contributed by atoms with Crippen molar-refractivity contribution < 1.29 is 13.2 Å². The van der Waals surface area contributed by atoms with Crippen molar-refractivity contribution in [1.29, 1.82) is 0 Å². The lowest BCUT2D eigenvalue weighted by Gasteiger charge is -2.39. The number of rotatable bonds is 7. The molecule has 3 aromatic rings. The molecule has 5 rings (SSSR count). The van der Waals surface area contributed by atoms with Crippen LogP contribution in [0.2, 0.25) is 0 Å². The van der Waals surface area contributed by atoms with Crippen molar-refractivity contribution in [2.75, 3.05) is 42.3 Å². The summed E-state index contributed by atoms with van der Waals surface area (Å²) in [5, 5.41) is 3.26. The quantitative estimate of drug-likeness (QED) is 0.478. The molecule has 9 nitrogen and oxygen atoms in total. The lowest BCUT2D eigenvalue weighted by atomic mass is 10.1. The van der Waals surface area contributed by atoms with E-state index in [-0.39, 0.29) is 22.9 Å². The molecule has 0 unspecified atom stereocenters. The van der Waals surface area contributed by atoms with E-state index in [0.717, 1.165) is 37.2 Å². The molecule has 38 heavy (non-hydrogen) atoms. The zero-order chi connectivity index (χ0) is 26.9. The number of carbonyl (C=O) groups is 1. The first kappa shape index (κ1) is 26.1. The van der Waals surface area contributed by atoms with Crippen molar-refractivity contribution in [2.45, 2.75) is 43.3 Å². The van der Waals surface area contributed by atoms with Crippen molar-refractivity contribution in [2.24, 2.45) is 0 Å². The van der Waals surface area contributed by atoms with Gasteiger partial charge in [0.25, 0.3) is 0 Å². The van der Waals surface area contributed by atoms with Gasteiger partial charge in [0.1, 0.15) is 11.9 Å². The lowest BCUT2D eigenvalue weighted by Crippen LogP contribution is -2.50. The number of likely N-dealkylation sites (tertiary alicyclic amines) is 1. The Hall–Kier alpha value is -3.47. The van der Waals surface area contributed by atoms with E-state index in [1.54, 1.807) is 36.2 Å². The summed E-state index contributed by atoms with van der Waals surface area (Å²) in [6, 6.07) is 20.0. The summed E-state index contributed by atoms with van der Waals surface area (Å²) < 4.78 is 29.0. The van der Waals surface area contributed by atoms with Crippen LogP contribution in [0.15, 0.2) is 71.6 Å². The molecule has 0 bridgehead atoms. The molecule has 0 saturated carbocycles. The van der Waals surface area contributed by atoms with Crippen LogP contribution in [0, 0.1) is 0 Å². The van der Waals surface area contributed by atoms with Crippen LogP contribution in [0.25, 0.3) is 0 Å². The minimum Gasteiger partial charge on any atom is -0.340 e. The highest BCUT2D eigenvalue weighted by Crippen LogP contribution is 2.36. The molecule has 3 heterocycles. The molecule has 1 saturated heterocycles. The number of amides is 1. The van der Waals surface area contributed by atoms with Gasteiger partial charge in [-0.3, -0.25) is 4.79 Å². The number of aromatic nitrogens is 1. The topological polar surface area (TPSA) is 97.9 Å². The monoisotopic (exact) mass is 534 g/mol. The van der Waals surface area contributed by atoms with Crippen LogP contribution >= 0.6 is 0 Å². The van der Waals surface area contributed by atoms with E-state index in [1.165, 1.54) is 0 Å². The molecule has 1 atom stereocenters. The standard InChI is InChI=1S/C28H34N6O3S/c1-20-28(35)33(3)25-12-13-26(30-27(25)34(20)19-21-8-5-4-6-9-21)29-23-10-7-11-24(18-23)38(36,37)31-22-14-16-32(2)17-15-22/h4-13,18,20,22,31H,14-17,19H2,1-3H3,(H,29,30)/t20-/m1/s1. The maximum absolute atomic E-state index is 13.1. The van der Waals surface area contributed by atoms with Gasteiger partial charge < -0.3 is 20.0 Å². The third-order valence-corrected chi connectivity index (χ3v) is 8.81. The Balaban J connectivity index is 1.38. The molecule has 1 aromatic heterocycles. The predicted molar refractivity (Wildman–Crippen MR) is 150 cm³/mol. The average Bonchev–Trinajstić information content (AvgIpc) is 2.92. The SMILES string of the molecule is C[C@@H]1C(=O)N(C)c2ccc(Nc3cccc(S(=O)(=O)NC4CCN(C)CC4)c3)nc2N1Cc1ccccc1. The lowest BCUT2D eigenvalue weighted by molar-refractivity contribution is -0.119. The molecular weight excluding hydrogens is 500 g/mol. The van der Waals surface area contributed by atoms with Gasteiger partial charge in [-0.05, 0) is 75.8 Å². The van der Waals surface area contributed by atoms with Crippen LogP contribution in [-0.4, -0.2) is 63.5 Å². The summed E-state index contributed by atoms with van der Waals surface area (Å²) in [7, 11) is 0.158. The molecule has 1 amide bonds. The number of anilines is 4. The molecule has 1 fully saturated rings. The third-order valence-electron chi connectivity index (χ3n) is 7.30. The first-order valence-electron chi connectivity index (χ1n) is 12.9. The van der Waals surface area contributed by atoms with Gasteiger partial charge in [-0.1, -0.05) is 36.4 Å². The largest absolute Gasteiger partial charge is 0.340 e. The maximum Gasteiger partial charge on any atom is 0.249 e. The van der Waals surface area contributed by atoms with E-state index >= 15 is 0 Å². The fourth-order valence-electron chi connectivity index (χ4n) is 4.99. The Labute approximate surface area is 224 Å². The van der Waals surface area contributed by atoms with E-state index in [2.05, 4.69) is 14.9 Å². The summed E-state index contributed by atoms with van der Waals surface area (Å²) in [5.74, 6) is 1.27. The molecule has 2 aliphatic rings. The van der Waals surface area contributed by atoms with Crippen LogP contribution in [0.4, 0.5) is 23.0 Å². The minimum absolute atomic E-state index is 0.00552. The number of hydrogen-bond donors (Lipinski definition) is 2. The van der Waals surface area contributed by atoms with Crippen molar-refractivity contribution in [3.63, 3.8) is 0 Å². The molecule has 200 valence electrons. The second kappa shape index (κ2) is 10.7. The molecule has 10 heteroatoms. The number of piperidine rings is 1. The molecule has 2 aliphatic heterocycles. The third kappa shape index (κ3) is 5.52. The van der Waals surface area contributed by atoms with Gasteiger partial charge in [0.05, 0.1) is 10.6 Å². The number of hydrogen-bond acceptors (Lipinski definition) is 7. The van der Waals surface area contributed by atoms with E-state index in [9.17, 15) is 13.2 Å². The first-order valence-corrected chi connectivity index (χ1v) is 14.4. The first-order chi connectivity index (χ1) is 18.2. The van der Waals surface area contributed by atoms with Gasteiger partial charge in [0.15, 0.2) is 5.82 Å². The number of benzene rings is 2. The summed E-state index contributed by atoms with van der Waals surface area (Å²) in [6.07, 6.45) is 1.59. The summed E-state index contributed by atoms with van der Waals surface area (Å²) in [4.78, 5) is 23.9. The molecule has 0 spiro atoms. The van der Waals surface area contributed by atoms with Gasteiger partial charge in [-0.25, -0.2) is 18.1 Å². The van der Waals surface area contributed by atoms with Crippen LogP contribution in [0.1, 0.15) is 25.3 Å². The van der Waals surface area contributed by atoms with Crippen LogP contribution in [0.3, 0.4) is 0 Å². The van der Waals surface area contributed by atoms with Crippen LogP contribution in [-0.2, 0) is 21.4 Å². The minimum atomic E-state index is -3.65. The number of nitrogens with one attached hydrogen (secondary N) is 2. The second-order valence-electron chi connectivity index (χ2n) is 10.1. The van der Waals surface area contributed by atoms with E-state index < -0.39 is 10.0 Å². The number of likely N-dealkylation sites (N-methyl/N-ethyl adjacent to an activating group) is 1. The molecule has 0 aliphatic carbocycles. The Bertz CT molecular complexity index is 1410. The van der Waals surface area contributed by atoms with Gasteiger partial charge in [-0.2, -0.15) is 0 Å². The maximum atomic E-state index is 13.1. The van der Waals surface area contributed by atoms with Gasteiger partial charge in [0.2, 0.25) is 15.9 Å². The molecule has 2 aromatic carbocycles. The zero-order valence-electron chi connectivity index (χ0n) is 22.0. The Morgan fingerprint density at radius 2 is 1.71 bits per heavy atom. The Kier molecular flexibility index (Phi) is 7.38. The number of nitrogens with zero attached hydrogens (tertiary/aromatic N) is 4. The number of sulfonamides is 1. The number of carbonyl (C=O) groups excluding carboxylic acids is 1. The number of pyridine rings is 1. The fraction of sp³-hybridized carbons (Fsp3) is 0.357. The molecular formula is C28H34N6O3S. The molecule has 2 N–H and O–H groups in total. The average molecular weight is 535 g/mol. The van der Waals surface area contributed by atoms with Gasteiger partial charge in [-0.15, -0.1) is 0 Å². The zero-order valence-corrected chi connectivity index (χ0v) is 22.8. The summed E-state index contributed by atoms with van der Waals surface area (Å²) in [5.41, 5.74) is 2.43. The van der Waals surface area contributed by atoms with E-state index in [0.29, 0.717) is 23.9 Å². The van der Waals surface area contributed by atoms with Crippen LogP contribution < -0.4 is 19.8 Å². The van der Waals surface area contributed by atoms with Gasteiger partial charge >= 0.3 is 0 Å². The van der Waals surface area contributed by atoms with Crippen molar-refractivity contribution >= 4 is 38.9 Å². The van der Waals surface area contributed by atoms with Crippen LogP contribution in [0.5, 0.6) is 0 Å². The highest BCUT2D eigenvalue weighted by atomic mass is 32.2. The Morgan fingerprint density at radius 1 is 0.974 bits per heavy atom. The second-order valence-corrected chi connectivity index (χ2v) is 11.8. The fourth-order valence-corrected chi connectivity index (χ4v) is 6.34. The van der Waals surface area contributed by atoms with E-state index in [1.807, 2.05) is 61.3 Å². The predicted octanol–water partition coefficient (Wildman–Crippen LogP) is 3.57. The summed E-state index contributed by atoms with van der Waals surface area (Å²) in [6.45, 7) is 4.18. The summed E-state index contributed by atoms with van der Waals surface area (Å²) >= 11 is 0. The number of fused-ring (bicyclic) bond motifs is 1. The smallest absolute Gasteiger partial charge is 0.249 e. The van der Waals surface area contributed by atoms with E-state index in [4.69, 9.17) is 4.98 Å². The van der Waals surface area contributed by atoms with Crippen molar-refractivity contribution in [1.82, 2.24) is 14.6 Å². The Morgan fingerprint density at radius 3 is 2.45 bits per heavy atom. The van der Waals surface area contributed by atoms with Crippen molar-refractivity contribution in [3.8, 4) is 0 Å². The van der Waals surface area contributed by atoms with Gasteiger partial charge in [0, 0.05) is 25.3 Å². The van der Waals surface area contributed by atoms with Crippen molar-refractivity contribution in [3.05, 3.63) is 72.3 Å². The highest BCUT2D eigenvalue weighted by molar-refractivity contribution is 7.89. The molecule has 0 radical (unpaired) electrons. The normalized spacial score (nSPS) is 18.9.